The maximum atomic E-state index is 12.7. The first-order chi connectivity index (χ1) is 15.1. The maximum Gasteiger partial charge on any atom is 0.317 e. The molecule has 0 saturated carbocycles. The zero-order chi connectivity index (χ0) is 21.6. The second kappa shape index (κ2) is 9.90. The van der Waals surface area contributed by atoms with Gasteiger partial charge in [0.25, 0.3) is 0 Å². The number of anilines is 1. The highest BCUT2D eigenvalue weighted by Crippen LogP contribution is 2.31. The van der Waals surface area contributed by atoms with Crippen molar-refractivity contribution < 1.29 is 14.3 Å². The van der Waals surface area contributed by atoms with E-state index in [1.54, 1.807) is 4.90 Å². The molecule has 4 rings (SSSR count). The number of para-hydroxylation sites is 2. The lowest BCUT2D eigenvalue weighted by Crippen LogP contribution is -2.47. The van der Waals surface area contributed by atoms with Gasteiger partial charge in [-0.25, -0.2) is 9.78 Å². The van der Waals surface area contributed by atoms with Crippen molar-refractivity contribution in [3.05, 3.63) is 48.2 Å². The van der Waals surface area contributed by atoms with Crippen LogP contribution in [0.3, 0.4) is 0 Å². The number of aromatic nitrogens is 1. The van der Waals surface area contributed by atoms with Crippen LogP contribution in [0.2, 0.25) is 0 Å². The summed E-state index contributed by atoms with van der Waals surface area (Å²) >= 11 is 0. The van der Waals surface area contributed by atoms with Crippen molar-refractivity contribution in [3.63, 3.8) is 0 Å². The fourth-order valence-electron chi connectivity index (χ4n) is 3.99. The van der Waals surface area contributed by atoms with Gasteiger partial charge in [-0.05, 0) is 49.4 Å². The van der Waals surface area contributed by atoms with Gasteiger partial charge in [0.1, 0.15) is 12.4 Å². The molecule has 7 heteroatoms. The van der Waals surface area contributed by atoms with Crippen LogP contribution in [0, 0.1) is 5.92 Å². The minimum absolute atomic E-state index is 0.112. The smallest absolute Gasteiger partial charge is 0.317 e. The Kier molecular flexibility index (Phi) is 6.79. The number of nitrogens with zero attached hydrogens (tertiary/aromatic N) is 3. The predicted molar refractivity (Wildman–Crippen MR) is 121 cm³/mol. The standard InChI is InChI=1S/C24H32N4O3/c1-3-27(16-20-17-30-21-6-4-5-7-22(21)31-20)24(29)26-15-19-8-9-23(25-14-19)28-12-10-18(2)11-13-28/h4-9,14,18,20H,3,10-13,15-17H2,1-2H3,(H,26,29). The highest BCUT2D eigenvalue weighted by molar-refractivity contribution is 5.74. The van der Waals surface area contributed by atoms with Gasteiger partial charge in [0.15, 0.2) is 17.6 Å². The average molecular weight is 425 g/mol. The van der Waals surface area contributed by atoms with Gasteiger partial charge < -0.3 is 24.6 Å². The fraction of sp³-hybridized carbons (Fsp3) is 0.500. The number of rotatable bonds is 6. The Hall–Kier alpha value is -2.96. The van der Waals surface area contributed by atoms with E-state index < -0.39 is 0 Å². The molecule has 1 atom stereocenters. The third-order valence-electron chi connectivity index (χ3n) is 6.02. The summed E-state index contributed by atoms with van der Waals surface area (Å²) in [5, 5.41) is 3.00. The minimum Gasteiger partial charge on any atom is -0.486 e. The summed E-state index contributed by atoms with van der Waals surface area (Å²) in [5.74, 6) is 3.30. The molecule has 7 nitrogen and oxygen atoms in total. The predicted octanol–water partition coefficient (Wildman–Crippen LogP) is 3.69. The summed E-state index contributed by atoms with van der Waals surface area (Å²) in [5.41, 5.74) is 0.990. The van der Waals surface area contributed by atoms with E-state index >= 15 is 0 Å². The largest absolute Gasteiger partial charge is 0.486 e. The number of hydrogen-bond acceptors (Lipinski definition) is 5. The summed E-state index contributed by atoms with van der Waals surface area (Å²) in [4.78, 5) is 21.4. The van der Waals surface area contributed by atoms with Crippen LogP contribution in [0.25, 0.3) is 0 Å². The SMILES string of the molecule is CCN(CC1COc2ccccc2O1)C(=O)NCc1ccc(N2CCC(C)CC2)nc1. The van der Waals surface area contributed by atoms with Crippen LogP contribution in [0.5, 0.6) is 11.5 Å². The van der Waals surface area contributed by atoms with Gasteiger partial charge in [-0.3, -0.25) is 0 Å². The molecule has 1 saturated heterocycles. The maximum absolute atomic E-state index is 12.7. The molecule has 1 aromatic carbocycles. The number of carbonyl (C=O) groups is 1. The average Bonchev–Trinajstić information content (AvgIpc) is 2.82. The molecular formula is C24H32N4O3. The van der Waals surface area contributed by atoms with Crippen LogP contribution in [-0.2, 0) is 6.54 Å². The Morgan fingerprint density at radius 3 is 2.68 bits per heavy atom. The molecule has 0 radical (unpaired) electrons. The highest BCUT2D eigenvalue weighted by atomic mass is 16.6. The van der Waals surface area contributed by atoms with Crippen molar-refractivity contribution in [2.75, 3.05) is 37.7 Å². The van der Waals surface area contributed by atoms with E-state index in [0.717, 1.165) is 41.9 Å². The zero-order valence-electron chi connectivity index (χ0n) is 18.4. The van der Waals surface area contributed by atoms with Gasteiger partial charge in [-0.2, -0.15) is 0 Å². The molecule has 1 N–H and O–H groups in total. The van der Waals surface area contributed by atoms with Gasteiger partial charge in [-0.15, -0.1) is 0 Å². The Labute approximate surface area is 184 Å². The Morgan fingerprint density at radius 1 is 1.19 bits per heavy atom. The Balaban J connectivity index is 1.26. The van der Waals surface area contributed by atoms with Crippen molar-refractivity contribution in [2.45, 2.75) is 39.3 Å². The first kappa shape index (κ1) is 21.3. The minimum atomic E-state index is -0.186. The summed E-state index contributed by atoms with van der Waals surface area (Å²) in [6.45, 7) is 8.35. The van der Waals surface area contributed by atoms with Gasteiger partial charge in [0.05, 0.1) is 6.54 Å². The second-order valence-corrected chi connectivity index (χ2v) is 8.39. The molecule has 3 heterocycles. The molecule has 1 fully saturated rings. The molecule has 31 heavy (non-hydrogen) atoms. The Bertz CT molecular complexity index is 865. The van der Waals surface area contributed by atoms with E-state index in [0.29, 0.717) is 26.2 Å². The number of likely N-dealkylation sites (N-methyl/N-ethyl adjacent to an activating group) is 1. The quantitative estimate of drug-likeness (QED) is 0.766. The lowest BCUT2D eigenvalue weighted by Gasteiger charge is -2.31. The van der Waals surface area contributed by atoms with Crippen molar-refractivity contribution in [1.82, 2.24) is 15.2 Å². The van der Waals surface area contributed by atoms with Crippen LogP contribution in [0.15, 0.2) is 42.6 Å². The van der Waals surface area contributed by atoms with Crippen molar-refractivity contribution in [3.8, 4) is 11.5 Å². The third-order valence-corrected chi connectivity index (χ3v) is 6.02. The lowest BCUT2D eigenvalue weighted by atomic mass is 9.99. The molecule has 1 unspecified atom stereocenters. The first-order valence-corrected chi connectivity index (χ1v) is 11.2. The summed E-state index contributed by atoms with van der Waals surface area (Å²) in [6, 6.07) is 11.6. The molecule has 2 aliphatic heterocycles. The van der Waals surface area contributed by atoms with E-state index in [-0.39, 0.29) is 12.1 Å². The van der Waals surface area contributed by atoms with E-state index in [1.807, 2.05) is 43.5 Å². The van der Waals surface area contributed by atoms with Crippen LogP contribution in [0.4, 0.5) is 10.6 Å². The number of carbonyl (C=O) groups excluding carboxylic acids is 1. The monoisotopic (exact) mass is 424 g/mol. The molecule has 2 aliphatic rings. The van der Waals surface area contributed by atoms with Gasteiger partial charge >= 0.3 is 6.03 Å². The lowest BCUT2D eigenvalue weighted by molar-refractivity contribution is 0.0675. The van der Waals surface area contributed by atoms with E-state index in [2.05, 4.69) is 28.2 Å². The van der Waals surface area contributed by atoms with E-state index in [1.165, 1.54) is 12.8 Å². The topological polar surface area (TPSA) is 66.9 Å². The molecule has 0 bridgehead atoms. The number of urea groups is 1. The number of amides is 2. The number of benzene rings is 1. The molecule has 0 aliphatic carbocycles. The van der Waals surface area contributed by atoms with Gasteiger partial charge in [-0.1, -0.05) is 25.1 Å². The number of nitrogens with one attached hydrogen (secondary N) is 1. The zero-order valence-corrected chi connectivity index (χ0v) is 18.4. The molecule has 1 aromatic heterocycles. The van der Waals surface area contributed by atoms with Crippen molar-refractivity contribution >= 4 is 11.8 Å². The fourth-order valence-corrected chi connectivity index (χ4v) is 3.99. The molecule has 2 amide bonds. The van der Waals surface area contributed by atoms with Crippen LogP contribution < -0.4 is 19.7 Å². The second-order valence-electron chi connectivity index (χ2n) is 8.39. The summed E-state index contributed by atoms with van der Waals surface area (Å²) in [6.07, 6.45) is 4.11. The number of piperidine rings is 1. The number of ether oxygens (including phenoxy) is 2. The molecule has 2 aromatic rings. The Morgan fingerprint density at radius 2 is 1.97 bits per heavy atom. The molecular weight excluding hydrogens is 392 g/mol. The van der Waals surface area contributed by atoms with E-state index in [9.17, 15) is 4.79 Å². The normalized spacial score (nSPS) is 18.5. The molecule has 0 spiro atoms. The van der Waals surface area contributed by atoms with Crippen molar-refractivity contribution in [1.29, 1.82) is 0 Å². The number of pyridine rings is 1. The van der Waals surface area contributed by atoms with Crippen LogP contribution in [0.1, 0.15) is 32.3 Å². The van der Waals surface area contributed by atoms with Gasteiger partial charge in [0.2, 0.25) is 0 Å². The third kappa shape index (κ3) is 5.40. The molecule has 166 valence electrons. The van der Waals surface area contributed by atoms with Crippen LogP contribution >= 0.6 is 0 Å². The van der Waals surface area contributed by atoms with E-state index in [4.69, 9.17) is 9.47 Å². The summed E-state index contributed by atoms with van der Waals surface area (Å²) in [7, 11) is 0. The van der Waals surface area contributed by atoms with Gasteiger partial charge in [0, 0.05) is 32.4 Å². The number of hydrogen-bond donors (Lipinski definition) is 1. The first-order valence-electron chi connectivity index (χ1n) is 11.2. The summed E-state index contributed by atoms with van der Waals surface area (Å²) < 4.78 is 11.8. The highest BCUT2D eigenvalue weighted by Gasteiger charge is 2.24. The van der Waals surface area contributed by atoms with Crippen molar-refractivity contribution in [2.24, 2.45) is 5.92 Å². The number of fused-ring (bicyclic) bond motifs is 1. The van der Waals surface area contributed by atoms with Crippen LogP contribution in [-0.4, -0.2) is 54.8 Å².